The Bertz CT molecular complexity index is 556. The fraction of sp³-hybridized carbons (Fsp3) is 0.533. The van der Waals surface area contributed by atoms with E-state index in [0.29, 0.717) is 0 Å². The predicted molar refractivity (Wildman–Crippen MR) is 82.9 cm³/mol. The second kappa shape index (κ2) is 7.02. The SMILES string of the molecule is CC(=NSC(C)(C)C)c1cccc(C(F)(F)C(O)CO)c1F. The first kappa shape index (κ1) is 19.0. The van der Waals surface area contributed by atoms with Gasteiger partial charge in [-0.3, -0.25) is 0 Å². The van der Waals surface area contributed by atoms with Gasteiger partial charge in [0.2, 0.25) is 0 Å². The zero-order valence-corrected chi connectivity index (χ0v) is 13.7. The van der Waals surface area contributed by atoms with Gasteiger partial charge in [0.1, 0.15) is 11.9 Å². The molecule has 0 spiro atoms. The van der Waals surface area contributed by atoms with Crippen LogP contribution in [0.4, 0.5) is 13.2 Å². The summed E-state index contributed by atoms with van der Waals surface area (Å²) in [6.07, 6.45) is -2.36. The van der Waals surface area contributed by atoms with Crippen molar-refractivity contribution in [1.29, 1.82) is 0 Å². The van der Waals surface area contributed by atoms with Gasteiger partial charge in [-0.2, -0.15) is 8.78 Å². The maximum Gasteiger partial charge on any atom is 0.303 e. The first-order valence-corrected chi connectivity index (χ1v) is 7.47. The van der Waals surface area contributed by atoms with E-state index in [4.69, 9.17) is 5.11 Å². The molecule has 1 aromatic carbocycles. The van der Waals surface area contributed by atoms with Crippen molar-refractivity contribution in [2.45, 2.75) is 44.5 Å². The largest absolute Gasteiger partial charge is 0.393 e. The minimum absolute atomic E-state index is 0.0564. The zero-order chi connectivity index (χ0) is 17.1. The maximum absolute atomic E-state index is 14.4. The van der Waals surface area contributed by atoms with Crippen LogP contribution in [0.15, 0.2) is 22.6 Å². The summed E-state index contributed by atoms with van der Waals surface area (Å²) < 4.78 is 46.2. The molecule has 0 heterocycles. The molecule has 3 nitrogen and oxygen atoms in total. The van der Waals surface area contributed by atoms with E-state index in [0.717, 1.165) is 6.07 Å². The normalized spacial score (nSPS) is 15.0. The van der Waals surface area contributed by atoms with Gasteiger partial charge >= 0.3 is 5.92 Å². The minimum atomic E-state index is -3.88. The summed E-state index contributed by atoms with van der Waals surface area (Å²) in [5.41, 5.74) is -0.741. The van der Waals surface area contributed by atoms with Crippen molar-refractivity contribution in [2.24, 2.45) is 4.40 Å². The fourth-order valence-corrected chi connectivity index (χ4v) is 2.13. The molecule has 0 aliphatic heterocycles. The number of aliphatic hydroxyl groups is 2. The van der Waals surface area contributed by atoms with Gasteiger partial charge in [-0.1, -0.05) is 12.1 Å². The molecule has 124 valence electrons. The van der Waals surface area contributed by atoms with E-state index in [1.807, 2.05) is 20.8 Å². The number of hydrogen-bond acceptors (Lipinski definition) is 4. The Labute approximate surface area is 132 Å². The van der Waals surface area contributed by atoms with Crippen molar-refractivity contribution in [2.75, 3.05) is 6.61 Å². The standard InChI is InChI=1S/C15H20F3NO2S/c1-9(19-22-14(2,3)4)10-6-5-7-11(13(10)16)15(17,18)12(21)8-20/h5-7,12,20-21H,8H2,1-4H3. The molecule has 0 bridgehead atoms. The summed E-state index contributed by atoms with van der Waals surface area (Å²) in [4.78, 5) is 0. The average molecular weight is 335 g/mol. The van der Waals surface area contributed by atoms with Crippen LogP contribution in [0.5, 0.6) is 0 Å². The molecule has 0 saturated heterocycles. The zero-order valence-electron chi connectivity index (χ0n) is 12.9. The number of hydrogen-bond donors (Lipinski definition) is 2. The van der Waals surface area contributed by atoms with Crippen LogP contribution in [0.2, 0.25) is 0 Å². The third-order valence-corrected chi connectivity index (χ3v) is 3.71. The third-order valence-electron chi connectivity index (χ3n) is 2.80. The van der Waals surface area contributed by atoms with Gasteiger partial charge in [0.05, 0.1) is 17.9 Å². The van der Waals surface area contributed by atoms with Crippen LogP contribution >= 0.6 is 11.9 Å². The molecule has 1 atom stereocenters. The Hall–Kier alpha value is -1.05. The van der Waals surface area contributed by atoms with Crippen LogP contribution in [0.3, 0.4) is 0 Å². The van der Waals surface area contributed by atoms with Crippen molar-refractivity contribution < 1.29 is 23.4 Å². The summed E-state index contributed by atoms with van der Waals surface area (Å²) in [5.74, 6) is -5.03. The van der Waals surface area contributed by atoms with E-state index in [2.05, 4.69) is 4.40 Å². The lowest BCUT2D eigenvalue weighted by molar-refractivity contribution is -0.133. The van der Waals surface area contributed by atoms with E-state index in [1.54, 1.807) is 0 Å². The van der Waals surface area contributed by atoms with Gasteiger partial charge in [-0.05, 0) is 45.7 Å². The molecule has 0 fully saturated rings. The molecule has 0 saturated carbocycles. The highest BCUT2D eigenvalue weighted by molar-refractivity contribution is 7.99. The van der Waals surface area contributed by atoms with Crippen molar-refractivity contribution >= 4 is 17.7 Å². The van der Waals surface area contributed by atoms with Gasteiger partial charge in [0.25, 0.3) is 0 Å². The second-order valence-electron chi connectivity index (χ2n) is 5.87. The summed E-state index contributed by atoms with van der Waals surface area (Å²) in [6.45, 7) is 6.14. The van der Waals surface area contributed by atoms with Crippen LogP contribution in [0, 0.1) is 5.82 Å². The van der Waals surface area contributed by atoms with Gasteiger partial charge in [-0.25, -0.2) is 8.79 Å². The van der Waals surface area contributed by atoms with Crippen molar-refractivity contribution in [1.82, 2.24) is 0 Å². The highest BCUT2D eigenvalue weighted by Crippen LogP contribution is 2.35. The molecule has 0 aliphatic rings. The molecular formula is C15H20F3NO2S. The third kappa shape index (κ3) is 4.47. The second-order valence-corrected chi connectivity index (χ2v) is 7.46. The Morgan fingerprint density at radius 3 is 2.41 bits per heavy atom. The fourth-order valence-electron chi connectivity index (χ4n) is 1.62. The quantitative estimate of drug-likeness (QED) is 0.639. The van der Waals surface area contributed by atoms with Crippen LogP contribution in [-0.4, -0.2) is 33.4 Å². The molecule has 0 aliphatic carbocycles. The first-order chi connectivity index (χ1) is 10.0. The molecule has 0 amide bonds. The van der Waals surface area contributed by atoms with Crippen molar-refractivity contribution in [3.63, 3.8) is 0 Å². The number of rotatable bonds is 5. The molecule has 0 radical (unpaired) electrons. The molecule has 22 heavy (non-hydrogen) atoms. The summed E-state index contributed by atoms with van der Waals surface area (Å²) in [6, 6.07) is 3.51. The van der Waals surface area contributed by atoms with E-state index < -0.39 is 30.0 Å². The lowest BCUT2D eigenvalue weighted by Gasteiger charge is -2.22. The maximum atomic E-state index is 14.4. The van der Waals surface area contributed by atoms with Crippen LogP contribution in [0.25, 0.3) is 0 Å². The van der Waals surface area contributed by atoms with Crippen molar-refractivity contribution in [3.05, 3.63) is 35.1 Å². The lowest BCUT2D eigenvalue weighted by atomic mass is 9.98. The van der Waals surface area contributed by atoms with Gasteiger partial charge in [-0.15, -0.1) is 0 Å². The first-order valence-electron chi connectivity index (χ1n) is 6.69. The van der Waals surface area contributed by atoms with Crippen LogP contribution < -0.4 is 0 Å². The number of alkyl halides is 2. The van der Waals surface area contributed by atoms with Crippen LogP contribution in [-0.2, 0) is 5.92 Å². The number of nitrogens with zero attached hydrogens (tertiary/aromatic N) is 1. The topological polar surface area (TPSA) is 52.8 Å². The number of benzene rings is 1. The Morgan fingerprint density at radius 1 is 1.32 bits per heavy atom. The highest BCUT2D eigenvalue weighted by Gasteiger charge is 2.42. The molecule has 2 N–H and O–H groups in total. The van der Waals surface area contributed by atoms with Gasteiger partial charge in [0.15, 0.2) is 0 Å². The van der Waals surface area contributed by atoms with E-state index in [9.17, 15) is 18.3 Å². The summed E-state index contributed by atoms with van der Waals surface area (Å²) in [5, 5.41) is 17.9. The monoisotopic (exact) mass is 335 g/mol. The smallest absolute Gasteiger partial charge is 0.303 e. The predicted octanol–water partition coefficient (Wildman–Crippen LogP) is 3.53. The summed E-state index contributed by atoms with van der Waals surface area (Å²) in [7, 11) is 0. The van der Waals surface area contributed by atoms with Gasteiger partial charge in [0, 0.05) is 10.3 Å². The van der Waals surface area contributed by atoms with E-state index >= 15 is 0 Å². The molecular weight excluding hydrogens is 315 g/mol. The van der Waals surface area contributed by atoms with E-state index in [1.165, 1.54) is 31.0 Å². The van der Waals surface area contributed by atoms with Gasteiger partial charge < -0.3 is 10.2 Å². The molecule has 7 heteroatoms. The van der Waals surface area contributed by atoms with Crippen LogP contribution in [0.1, 0.15) is 38.8 Å². The molecule has 1 unspecified atom stereocenters. The number of aliphatic hydroxyl groups excluding tert-OH is 2. The lowest BCUT2D eigenvalue weighted by Crippen LogP contribution is -2.35. The van der Waals surface area contributed by atoms with E-state index in [-0.39, 0.29) is 16.0 Å². The highest BCUT2D eigenvalue weighted by atomic mass is 32.2. The Balaban J connectivity index is 3.24. The Kier molecular flexibility index (Phi) is 6.06. The number of halogens is 3. The molecule has 0 aromatic heterocycles. The average Bonchev–Trinajstić information content (AvgIpc) is 2.43. The Morgan fingerprint density at radius 2 is 1.91 bits per heavy atom. The molecule has 1 rings (SSSR count). The molecule has 1 aromatic rings. The van der Waals surface area contributed by atoms with Crippen molar-refractivity contribution in [3.8, 4) is 0 Å². The minimum Gasteiger partial charge on any atom is -0.393 e. The summed E-state index contributed by atoms with van der Waals surface area (Å²) >= 11 is 1.21.